The van der Waals surface area contributed by atoms with Crippen molar-refractivity contribution in [2.45, 2.75) is 43.4 Å². The van der Waals surface area contributed by atoms with Crippen molar-refractivity contribution in [1.82, 2.24) is 0 Å². The Kier molecular flexibility index (Phi) is 6.22. The van der Waals surface area contributed by atoms with Crippen LogP contribution in [0.2, 0.25) is 0 Å². The maximum atomic E-state index is 5.55. The highest BCUT2D eigenvalue weighted by atomic mass is 79.9. The predicted octanol–water partition coefficient (Wildman–Crippen LogP) is 5.12. The largest absolute Gasteiger partial charge is 0.496 e. The fourth-order valence-corrected chi connectivity index (χ4v) is 4.15. The first kappa shape index (κ1) is 16.5. The third-order valence-electron chi connectivity index (χ3n) is 4.33. The van der Waals surface area contributed by atoms with E-state index in [9.17, 15) is 0 Å². The molecule has 1 fully saturated rings. The second-order valence-electron chi connectivity index (χ2n) is 5.65. The summed E-state index contributed by atoms with van der Waals surface area (Å²) in [5, 5.41) is 0. The van der Waals surface area contributed by atoms with Gasteiger partial charge in [-0.05, 0) is 12.3 Å². The van der Waals surface area contributed by atoms with E-state index in [1.165, 1.54) is 32.1 Å². The number of ether oxygens (including phenoxy) is 3. The first-order valence-electron chi connectivity index (χ1n) is 7.63. The molecule has 0 radical (unpaired) electrons. The van der Waals surface area contributed by atoms with Gasteiger partial charge < -0.3 is 14.2 Å². The van der Waals surface area contributed by atoms with E-state index in [0.29, 0.717) is 0 Å². The van der Waals surface area contributed by atoms with Gasteiger partial charge in [-0.1, -0.05) is 48.0 Å². The molecule has 0 saturated heterocycles. The van der Waals surface area contributed by atoms with Gasteiger partial charge in [0.05, 0.1) is 26.9 Å². The lowest BCUT2D eigenvalue weighted by Gasteiger charge is -2.26. The Labute approximate surface area is 136 Å². The number of hydrogen-bond acceptors (Lipinski definition) is 3. The van der Waals surface area contributed by atoms with E-state index < -0.39 is 0 Å². The SMILES string of the molecule is COc1cc(OC)c(C(Br)CC2CCCCC2)c(OC)c1. The quantitative estimate of drug-likeness (QED) is 0.662. The van der Waals surface area contributed by atoms with Gasteiger partial charge in [-0.2, -0.15) is 0 Å². The van der Waals surface area contributed by atoms with Crippen molar-refractivity contribution in [3.63, 3.8) is 0 Å². The van der Waals surface area contributed by atoms with Crippen molar-refractivity contribution >= 4 is 15.9 Å². The van der Waals surface area contributed by atoms with Gasteiger partial charge >= 0.3 is 0 Å². The second kappa shape index (κ2) is 7.92. The van der Waals surface area contributed by atoms with Gasteiger partial charge in [0.25, 0.3) is 0 Å². The van der Waals surface area contributed by atoms with Crippen molar-refractivity contribution in [3.05, 3.63) is 17.7 Å². The lowest BCUT2D eigenvalue weighted by atomic mass is 9.85. The molecule has 21 heavy (non-hydrogen) atoms. The molecule has 1 atom stereocenters. The molecule has 0 aliphatic heterocycles. The molecule has 1 aliphatic carbocycles. The van der Waals surface area contributed by atoms with Gasteiger partial charge in [-0.3, -0.25) is 0 Å². The topological polar surface area (TPSA) is 27.7 Å². The van der Waals surface area contributed by atoms with Crippen molar-refractivity contribution in [2.24, 2.45) is 5.92 Å². The van der Waals surface area contributed by atoms with Gasteiger partial charge in [0.1, 0.15) is 17.2 Å². The normalized spacial score (nSPS) is 17.3. The van der Waals surface area contributed by atoms with Gasteiger partial charge in [0.15, 0.2) is 0 Å². The lowest BCUT2D eigenvalue weighted by molar-refractivity contribution is 0.330. The maximum absolute atomic E-state index is 5.55. The van der Waals surface area contributed by atoms with Gasteiger partial charge in [-0.25, -0.2) is 0 Å². The van der Waals surface area contributed by atoms with Crippen LogP contribution in [-0.2, 0) is 0 Å². The van der Waals surface area contributed by atoms with Gasteiger partial charge in [0.2, 0.25) is 0 Å². The summed E-state index contributed by atoms with van der Waals surface area (Å²) in [6.07, 6.45) is 7.91. The molecular formula is C17H25BrO3. The van der Waals surface area contributed by atoms with Crippen LogP contribution in [-0.4, -0.2) is 21.3 Å². The Morgan fingerprint density at radius 2 is 1.57 bits per heavy atom. The van der Waals surface area contributed by atoms with E-state index in [1.54, 1.807) is 21.3 Å². The summed E-state index contributed by atoms with van der Waals surface area (Å²) in [5.41, 5.74) is 1.09. The molecule has 1 aromatic rings. The van der Waals surface area contributed by atoms with Crippen LogP contribution in [0.4, 0.5) is 0 Å². The molecule has 0 spiro atoms. The zero-order valence-corrected chi connectivity index (χ0v) is 14.7. The van der Waals surface area contributed by atoms with Crippen LogP contribution in [0.25, 0.3) is 0 Å². The van der Waals surface area contributed by atoms with E-state index in [1.807, 2.05) is 12.1 Å². The number of methoxy groups -OCH3 is 3. The minimum atomic E-state index is 0.247. The van der Waals surface area contributed by atoms with E-state index >= 15 is 0 Å². The minimum absolute atomic E-state index is 0.247. The molecule has 0 aromatic heterocycles. The summed E-state index contributed by atoms with van der Waals surface area (Å²) in [4.78, 5) is 0.247. The van der Waals surface area contributed by atoms with E-state index in [-0.39, 0.29) is 4.83 Å². The van der Waals surface area contributed by atoms with Crippen LogP contribution >= 0.6 is 15.9 Å². The van der Waals surface area contributed by atoms with Crippen LogP contribution < -0.4 is 14.2 Å². The molecular weight excluding hydrogens is 332 g/mol. The van der Waals surface area contributed by atoms with Crippen LogP contribution in [0.5, 0.6) is 17.2 Å². The highest BCUT2D eigenvalue weighted by molar-refractivity contribution is 9.09. The first-order valence-corrected chi connectivity index (χ1v) is 8.55. The monoisotopic (exact) mass is 356 g/mol. The molecule has 1 unspecified atom stereocenters. The van der Waals surface area contributed by atoms with E-state index in [4.69, 9.17) is 14.2 Å². The molecule has 1 saturated carbocycles. The molecule has 1 aromatic carbocycles. The molecule has 2 rings (SSSR count). The molecule has 1 aliphatic rings. The summed E-state index contributed by atoms with van der Waals surface area (Å²) in [5.74, 6) is 3.19. The minimum Gasteiger partial charge on any atom is -0.496 e. The standard InChI is InChI=1S/C17H25BrO3/c1-19-13-10-15(20-2)17(16(11-13)21-3)14(18)9-12-7-5-4-6-8-12/h10-12,14H,4-9H2,1-3H3. The molecule has 0 N–H and O–H groups in total. The Balaban J connectivity index is 2.23. The zero-order chi connectivity index (χ0) is 15.2. The number of alkyl halides is 1. The zero-order valence-electron chi connectivity index (χ0n) is 13.2. The fourth-order valence-electron chi connectivity index (χ4n) is 3.17. The number of halogens is 1. The Morgan fingerprint density at radius 3 is 2.05 bits per heavy atom. The Hall–Kier alpha value is -0.900. The maximum Gasteiger partial charge on any atom is 0.130 e. The third-order valence-corrected chi connectivity index (χ3v) is 5.16. The van der Waals surface area contributed by atoms with Crippen LogP contribution in [0.15, 0.2) is 12.1 Å². The average molecular weight is 357 g/mol. The molecule has 0 amide bonds. The molecule has 4 heteroatoms. The molecule has 3 nitrogen and oxygen atoms in total. The number of benzene rings is 1. The van der Waals surface area contributed by atoms with Gasteiger partial charge in [-0.15, -0.1) is 0 Å². The van der Waals surface area contributed by atoms with Crippen LogP contribution in [0.3, 0.4) is 0 Å². The van der Waals surface area contributed by atoms with Crippen LogP contribution in [0.1, 0.15) is 48.9 Å². The van der Waals surface area contributed by atoms with Crippen molar-refractivity contribution < 1.29 is 14.2 Å². The molecule has 118 valence electrons. The predicted molar refractivity (Wildman–Crippen MR) is 89.0 cm³/mol. The van der Waals surface area contributed by atoms with E-state index in [0.717, 1.165) is 35.2 Å². The highest BCUT2D eigenvalue weighted by Crippen LogP contribution is 2.45. The summed E-state index contributed by atoms with van der Waals surface area (Å²) in [7, 11) is 5.04. The van der Waals surface area contributed by atoms with Crippen molar-refractivity contribution in [1.29, 1.82) is 0 Å². The lowest BCUT2D eigenvalue weighted by Crippen LogP contribution is -2.10. The summed E-state index contributed by atoms with van der Waals surface area (Å²) in [6.45, 7) is 0. The molecule has 0 heterocycles. The van der Waals surface area contributed by atoms with Gasteiger partial charge in [0, 0.05) is 17.0 Å². The van der Waals surface area contributed by atoms with Crippen LogP contribution in [0, 0.1) is 5.92 Å². The second-order valence-corrected chi connectivity index (χ2v) is 6.76. The number of rotatable bonds is 6. The fraction of sp³-hybridized carbons (Fsp3) is 0.647. The first-order chi connectivity index (χ1) is 10.2. The summed E-state index contributed by atoms with van der Waals surface area (Å²) >= 11 is 3.85. The Morgan fingerprint density at radius 1 is 1.00 bits per heavy atom. The third kappa shape index (κ3) is 4.06. The number of hydrogen-bond donors (Lipinski definition) is 0. The summed E-state index contributed by atoms with van der Waals surface area (Å²) in [6, 6.07) is 3.85. The smallest absolute Gasteiger partial charge is 0.130 e. The summed E-state index contributed by atoms with van der Waals surface area (Å²) < 4.78 is 16.4. The van der Waals surface area contributed by atoms with E-state index in [2.05, 4.69) is 15.9 Å². The van der Waals surface area contributed by atoms with Crippen molar-refractivity contribution in [2.75, 3.05) is 21.3 Å². The Bertz CT molecular complexity index is 430. The van der Waals surface area contributed by atoms with Crippen molar-refractivity contribution in [3.8, 4) is 17.2 Å². The molecule has 0 bridgehead atoms. The highest BCUT2D eigenvalue weighted by Gasteiger charge is 2.24. The average Bonchev–Trinajstić information content (AvgIpc) is 2.54.